The summed E-state index contributed by atoms with van der Waals surface area (Å²) in [7, 11) is 0. The third-order valence-corrected chi connectivity index (χ3v) is 6.80. The Labute approximate surface area is 214 Å². The second-order valence-electron chi connectivity index (χ2n) is 7.81. The maximum absolute atomic E-state index is 13.0. The van der Waals surface area contributed by atoms with Crippen molar-refractivity contribution in [3.8, 4) is 11.5 Å². The monoisotopic (exact) mass is 509 g/mol. The van der Waals surface area contributed by atoms with Crippen molar-refractivity contribution in [1.29, 1.82) is 0 Å². The third-order valence-electron chi connectivity index (χ3n) is 5.18. The summed E-state index contributed by atoms with van der Waals surface area (Å²) in [5.74, 6) is 1.16. The first kappa shape index (κ1) is 24.3. The summed E-state index contributed by atoms with van der Waals surface area (Å²) in [4.78, 5) is 15.3. The number of halogens is 1. The summed E-state index contributed by atoms with van der Waals surface area (Å²) in [6, 6.07) is 21.3. The topological polar surface area (TPSA) is 38.8 Å². The van der Waals surface area contributed by atoms with Crippen LogP contribution in [0.2, 0.25) is 5.02 Å². The number of ether oxygens (including phenoxy) is 2. The summed E-state index contributed by atoms with van der Waals surface area (Å²) >= 11 is 12.9. The van der Waals surface area contributed by atoms with Crippen molar-refractivity contribution in [2.24, 2.45) is 0 Å². The number of aryl methyl sites for hydroxylation is 1. The Kier molecular flexibility index (Phi) is 7.93. The van der Waals surface area contributed by atoms with E-state index in [2.05, 4.69) is 0 Å². The van der Waals surface area contributed by atoms with E-state index >= 15 is 0 Å². The molecule has 1 fully saturated rings. The quantitative estimate of drug-likeness (QED) is 0.241. The Hall–Kier alpha value is -2.80. The number of hydrogen-bond donors (Lipinski definition) is 0. The number of carbonyl (C=O) groups excluding carboxylic acids is 1. The normalized spacial score (nSPS) is 14.7. The van der Waals surface area contributed by atoms with Gasteiger partial charge >= 0.3 is 0 Å². The van der Waals surface area contributed by atoms with Crippen LogP contribution >= 0.6 is 35.6 Å². The van der Waals surface area contributed by atoms with Gasteiger partial charge in [-0.2, -0.15) is 0 Å². The average Bonchev–Trinajstić information content (AvgIpc) is 3.07. The lowest BCUT2D eigenvalue weighted by Crippen LogP contribution is -2.27. The Morgan fingerprint density at radius 2 is 1.79 bits per heavy atom. The number of amides is 1. The lowest BCUT2D eigenvalue weighted by molar-refractivity contribution is -0.122. The Balaban J connectivity index is 1.50. The molecule has 1 amide bonds. The summed E-state index contributed by atoms with van der Waals surface area (Å²) in [6.07, 6.45) is 1.84. The molecule has 0 aliphatic carbocycles. The van der Waals surface area contributed by atoms with Gasteiger partial charge < -0.3 is 9.47 Å². The second-order valence-corrected chi connectivity index (χ2v) is 9.92. The van der Waals surface area contributed by atoms with Gasteiger partial charge in [-0.15, -0.1) is 0 Å². The maximum atomic E-state index is 13.0. The van der Waals surface area contributed by atoms with Gasteiger partial charge in [0, 0.05) is 5.02 Å². The first-order chi connectivity index (χ1) is 16.4. The molecule has 0 saturated carbocycles. The van der Waals surface area contributed by atoms with E-state index in [4.69, 9.17) is 33.3 Å². The van der Waals surface area contributed by atoms with Gasteiger partial charge in [-0.3, -0.25) is 9.69 Å². The van der Waals surface area contributed by atoms with Crippen LogP contribution in [-0.4, -0.2) is 21.7 Å². The van der Waals surface area contributed by atoms with Crippen molar-refractivity contribution in [3.05, 3.63) is 98.9 Å². The fraction of sp³-hybridized carbons (Fsp3) is 0.185. The van der Waals surface area contributed by atoms with E-state index in [0.29, 0.717) is 45.5 Å². The standard InChI is InChI=1S/C27H24ClNO3S2/c1-3-31-24-14-20(11-12-23(24)32-17-21-5-4-6-22(28)13-21)15-25-26(30)29(27(33)34-25)16-19-9-7-18(2)8-10-19/h4-15H,3,16-17H2,1-2H3/b25-15-. The van der Waals surface area contributed by atoms with E-state index in [1.54, 1.807) is 4.90 Å². The first-order valence-electron chi connectivity index (χ1n) is 10.9. The summed E-state index contributed by atoms with van der Waals surface area (Å²) in [5, 5.41) is 0.668. The van der Waals surface area contributed by atoms with E-state index in [1.807, 2.05) is 86.7 Å². The van der Waals surface area contributed by atoms with E-state index < -0.39 is 0 Å². The molecule has 0 atom stereocenters. The van der Waals surface area contributed by atoms with Crippen LogP contribution in [0, 0.1) is 6.92 Å². The molecule has 4 nitrogen and oxygen atoms in total. The molecular weight excluding hydrogens is 486 g/mol. The highest BCUT2D eigenvalue weighted by atomic mass is 35.5. The fourth-order valence-electron chi connectivity index (χ4n) is 3.45. The van der Waals surface area contributed by atoms with Gasteiger partial charge in [-0.1, -0.05) is 83.6 Å². The molecule has 0 radical (unpaired) electrons. The molecular formula is C27H24ClNO3S2. The number of carbonyl (C=O) groups is 1. The number of rotatable bonds is 8. The molecule has 7 heteroatoms. The number of benzene rings is 3. The van der Waals surface area contributed by atoms with Gasteiger partial charge in [-0.25, -0.2) is 0 Å². The molecule has 0 aromatic heterocycles. The van der Waals surface area contributed by atoms with Gasteiger partial charge in [0.05, 0.1) is 18.1 Å². The highest BCUT2D eigenvalue weighted by molar-refractivity contribution is 8.26. The predicted octanol–water partition coefficient (Wildman–Crippen LogP) is 7.03. The van der Waals surface area contributed by atoms with Gasteiger partial charge in [-0.05, 0) is 60.9 Å². The van der Waals surface area contributed by atoms with Crippen molar-refractivity contribution < 1.29 is 14.3 Å². The number of thiocarbonyl (C=S) groups is 1. The zero-order chi connectivity index (χ0) is 24.1. The summed E-state index contributed by atoms with van der Waals surface area (Å²) in [6.45, 7) is 5.29. The minimum absolute atomic E-state index is 0.0881. The molecule has 1 saturated heterocycles. The first-order valence-corrected chi connectivity index (χ1v) is 12.5. The Bertz CT molecular complexity index is 1240. The molecule has 1 heterocycles. The fourth-order valence-corrected chi connectivity index (χ4v) is 4.92. The second kappa shape index (κ2) is 11.1. The van der Waals surface area contributed by atoms with Crippen LogP contribution in [-0.2, 0) is 17.9 Å². The van der Waals surface area contributed by atoms with Crippen molar-refractivity contribution in [3.63, 3.8) is 0 Å². The maximum Gasteiger partial charge on any atom is 0.266 e. The molecule has 3 aromatic rings. The van der Waals surface area contributed by atoms with Gasteiger partial charge in [0.15, 0.2) is 11.5 Å². The van der Waals surface area contributed by atoms with E-state index in [0.717, 1.165) is 16.7 Å². The summed E-state index contributed by atoms with van der Waals surface area (Å²) < 4.78 is 12.3. The minimum Gasteiger partial charge on any atom is -0.490 e. The molecule has 0 spiro atoms. The molecule has 3 aromatic carbocycles. The number of thioether (sulfide) groups is 1. The van der Waals surface area contributed by atoms with Crippen LogP contribution in [0.25, 0.3) is 6.08 Å². The van der Waals surface area contributed by atoms with E-state index in [-0.39, 0.29) is 5.91 Å². The average molecular weight is 510 g/mol. The largest absolute Gasteiger partial charge is 0.490 e. The lowest BCUT2D eigenvalue weighted by atomic mass is 10.1. The minimum atomic E-state index is -0.0881. The van der Waals surface area contributed by atoms with Crippen LogP contribution in [0.15, 0.2) is 71.6 Å². The molecule has 0 bridgehead atoms. The summed E-state index contributed by atoms with van der Waals surface area (Å²) in [5.41, 5.74) is 4.03. The zero-order valence-electron chi connectivity index (χ0n) is 18.9. The smallest absolute Gasteiger partial charge is 0.266 e. The van der Waals surface area contributed by atoms with E-state index in [1.165, 1.54) is 17.3 Å². The predicted molar refractivity (Wildman–Crippen MR) is 143 cm³/mol. The van der Waals surface area contributed by atoms with Gasteiger partial charge in [0.2, 0.25) is 0 Å². The van der Waals surface area contributed by atoms with Crippen LogP contribution in [0.5, 0.6) is 11.5 Å². The van der Waals surface area contributed by atoms with Crippen molar-refractivity contribution >= 4 is 51.9 Å². The SMILES string of the molecule is CCOc1cc(/C=C2\SC(=S)N(Cc3ccc(C)cc3)C2=O)ccc1OCc1cccc(Cl)c1. The highest BCUT2D eigenvalue weighted by Gasteiger charge is 2.32. The lowest BCUT2D eigenvalue weighted by Gasteiger charge is -2.14. The third kappa shape index (κ3) is 6.00. The van der Waals surface area contributed by atoms with Crippen molar-refractivity contribution in [1.82, 2.24) is 4.90 Å². The number of hydrogen-bond acceptors (Lipinski definition) is 5. The number of nitrogens with zero attached hydrogens (tertiary/aromatic N) is 1. The van der Waals surface area contributed by atoms with Crippen LogP contribution in [0.1, 0.15) is 29.2 Å². The zero-order valence-corrected chi connectivity index (χ0v) is 21.3. The van der Waals surface area contributed by atoms with Crippen LogP contribution < -0.4 is 9.47 Å². The molecule has 0 N–H and O–H groups in total. The highest BCUT2D eigenvalue weighted by Crippen LogP contribution is 2.36. The molecule has 34 heavy (non-hydrogen) atoms. The van der Waals surface area contributed by atoms with E-state index in [9.17, 15) is 4.79 Å². The van der Waals surface area contributed by atoms with Crippen molar-refractivity contribution in [2.75, 3.05) is 6.61 Å². The molecule has 0 unspecified atom stereocenters. The van der Waals surface area contributed by atoms with Gasteiger partial charge in [0.1, 0.15) is 10.9 Å². The Morgan fingerprint density at radius 3 is 2.53 bits per heavy atom. The molecule has 1 aliphatic heterocycles. The Morgan fingerprint density at radius 1 is 1.00 bits per heavy atom. The van der Waals surface area contributed by atoms with Crippen LogP contribution in [0.3, 0.4) is 0 Å². The van der Waals surface area contributed by atoms with Crippen molar-refractivity contribution in [2.45, 2.75) is 27.0 Å². The molecule has 1 aliphatic rings. The van der Waals surface area contributed by atoms with Crippen LogP contribution in [0.4, 0.5) is 0 Å². The molecule has 174 valence electrons. The van der Waals surface area contributed by atoms with Gasteiger partial charge in [0.25, 0.3) is 5.91 Å². The molecule has 4 rings (SSSR count).